The molecule has 24 heavy (non-hydrogen) atoms. The van der Waals surface area contributed by atoms with Crippen molar-refractivity contribution in [3.05, 3.63) is 56.0 Å². The number of carbonyl (C=O) groups is 1. The lowest BCUT2D eigenvalue weighted by Gasteiger charge is -2.17. The predicted octanol–water partition coefficient (Wildman–Crippen LogP) is 3.55. The average molecular weight is 347 g/mol. The molecule has 1 aromatic carbocycles. The third kappa shape index (κ3) is 4.38. The molecule has 0 saturated carbocycles. The lowest BCUT2D eigenvalue weighted by Crippen LogP contribution is -2.28. The maximum absolute atomic E-state index is 12.4. The van der Waals surface area contributed by atoms with Gasteiger partial charge in [0.05, 0.1) is 28.6 Å². The summed E-state index contributed by atoms with van der Waals surface area (Å²) in [5, 5.41) is 13.9. The van der Waals surface area contributed by atoms with Crippen molar-refractivity contribution in [3.63, 3.8) is 0 Å². The second kappa shape index (κ2) is 7.09. The summed E-state index contributed by atoms with van der Waals surface area (Å²) in [6.07, 6.45) is 0.198. The molecule has 2 aromatic rings. The predicted molar refractivity (Wildman–Crippen MR) is 94.1 cm³/mol. The topological polar surface area (TPSA) is 76.3 Å². The molecule has 0 spiro atoms. The molecule has 0 unspecified atom stereocenters. The number of thiazole rings is 1. The second-order valence-electron chi connectivity index (χ2n) is 6.71. The zero-order valence-electron chi connectivity index (χ0n) is 14.3. The molecular formula is C17H21N3O3S. The highest BCUT2D eigenvalue weighted by Gasteiger charge is 2.21. The normalized spacial score (nSPS) is 11.3. The second-order valence-corrected chi connectivity index (χ2v) is 7.56. The number of likely N-dealkylation sites (N-methyl/N-ethyl adjacent to an activating group) is 1. The molecule has 1 heterocycles. The number of nitro benzene ring substituents is 1. The highest BCUT2D eigenvalue weighted by atomic mass is 32.1. The largest absolute Gasteiger partial charge is 0.341 e. The monoisotopic (exact) mass is 347 g/mol. The molecule has 0 atom stereocenters. The summed E-state index contributed by atoms with van der Waals surface area (Å²) in [6, 6.07) is 6.47. The van der Waals surface area contributed by atoms with Crippen molar-refractivity contribution >= 4 is 22.9 Å². The lowest BCUT2D eigenvalue weighted by molar-refractivity contribution is -0.385. The summed E-state index contributed by atoms with van der Waals surface area (Å²) in [7, 11) is 1.65. The number of nitrogens with zero attached hydrogens (tertiary/aromatic N) is 3. The van der Waals surface area contributed by atoms with E-state index in [1.165, 1.54) is 11.0 Å². The van der Waals surface area contributed by atoms with Gasteiger partial charge in [0.2, 0.25) is 5.91 Å². The van der Waals surface area contributed by atoms with E-state index in [9.17, 15) is 14.9 Å². The Morgan fingerprint density at radius 2 is 2.00 bits per heavy atom. The van der Waals surface area contributed by atoms with E-state index in [4.69, 9.17) is 0 Å². The van der Waals surface area contributed by atoms with Gasteiger partial charge in [0.25, 0.3) is 5.69 Å². The van der Waals surface area contributed by atoms with Gasteiger partial charge in [0.1, 0.15) is 0 Å². The molecule has 0 fully saturated rings. The van der Waals surface area contributed by atoms with Gasteiger partial charge in [0, 0.05) is 29.5 Å². The molecule has 2 rings (SSSR count). The van der Waals surface area contributed by atoms with Crippen LogP contribution in [0.15, 0.2) is 29.6 Å². The molecule has 0 N–H and O–H groups in total. The van der Waals surface area contributed by atoms with E-state index in [-0.39, 0.29) is 30.0 Å². The number of benzene rings is 1. The molecule has 0 saturated heterocycles. The molecule has 0 bridgehead atoms. The van der Waals surface area contributed by atoms with E-state index in [2.05, 4.69) is 25.8 Å². The summed E-state index contributed by atoms with van der Waals surface area (Å²) in [5.74, 6) is -0.112. The molecule has 0 aliphatic carbocycles. The van der Waals surface area contributed by atoms with Crippen LogP contribution in [0.1, 0.15) is 37.0 Å². The molecule has 0 radical (unpaired) electrons. The van der Waals surface area contributed by atoms with Crippen LogP contribution < -0.4 is 0 Å². The number of para-hydroxylation sites is 1. The molecule has 6 nitrogen and oxygen atoms in total. The fraction of sp³-hybridized carbons (Fsp3) is 0.412. The zero-order chi connectivity index (χ0) is 17.9. The number of carbonyl (C=O) groups excluding carboxylic acids is 1. The number of nitro groups is 1. The quantitative estimate of drug-likeness (QED) is 0.612. The summed E-state index contributed by atoms with van der Waals surface area (Å²) < 4.78 is 0. The first-order valence-electron chi connectivity index (χ1n) is 7.59. The summed E-state index contributed by atoms with van der Waals surface area (Å²) >= 11 is 1.55. The Hall–Kier alpha value is -2.28. The highest BCUT2D eigenvalue weighted by molar-refractivity contribution is 7.09. The maximum Gasteiger partial charge on any atom is 0.274 e. The third-order valence-corrected chi connectivity index (χ3v) is 4.86. The fourth-order valence-electron chi connectivity index (χ4n) is 2.19. The lowest BCUT2D eigenvalue weighted by atomic mass is 9.98. The number of hydrogen-bond acceptors (Lipinski definition) is 5. The van der Waals surface area contributed by atoms with Gasteiger partial charge in [-0.25, -0.2) is 4.98 Å². The maximum atomic E-state index is 12.4. The SMILES string of the molecule is CN(Cc1ccccc1[N+](=O)[O-])C(=O)Cc1csc(C(C)(C)C)n1. The summed E-state index contributed by atoms with van der Waals surface area (Å²) in [6.45, 7) is 6.44. The summed E-state index contributed by atoms with van der Waals surface area (Å²) in [5.41, 5.74) is 1.25. The zero-order valence-corrected chi connectivity index (χ0v) is 15.1. The highest BCUT2D eigenvalue weighted by Crippen LogP contribution is 2.26. The minimum Gasteiger partial charge on any atom is -0.341 e. The van der Waals surface area contributed by atoms with Gasteiger partial charge >= 0.3 is 0 Å². The van der Waals surface area contributed by atoms with Crippen LogP contribution in [-0.4, -0.2) is 27.8 Å². The van der Waals surface area contributed by atoms with Crippen molar-refractivity contribution < 1.29 is 9.72 Å². The van der Waals surface area contributed by atoms with E-state index < -0.39 is 4.92 Å². The minimum absolute atomic E-state index is 0.0285. The molecule has 128 valence electrons. The summed E-state index contributed by atoms with van der Waals surface area (Å²) in [4.78, 5) is 29.0. The minimum atomic E-state index is -0.427. The number of aromatic nitrogens is 1. The molecule has 0 aliphatic heterocycles. The van der Waals surface area contributed by atoms with Gasteiger partial charge in [-0.15, -0.1) is 11.3 Å². The van der Waals surface area contributed by atoms with Crippen LogP contribution in [-0.2, 0) is 23.2 Å². The first-order chi connectivity index (χ1) is 11.2. The Kier molecular flexibility index (Phi) is 5.33. The van der Waals surface area contributed by atoms with Crippen LogP contribution in [0.4, 0.5) is 5.69 Å². The first kappa shape index (κ1) is 18.1. The van der Waals surface area contributed by atoms with Gasteiger partial charge in [-0.3, -0.25) is 14.9 Å². The molecular weight excluding hydrogens is 326 g/mol. The van der Waals surface area contributed by atoms with Crippen LogP contribution in [0, 0.1) is 10.1 Å². The van der Waals surface area contributed by atoms with Gasteiger partial charge in [-0.05, 0) is 0 Å². The van der Waals surface area contributed by atoms with Crippen molar-refractivity contribution in [2.24, 2.45) is 0 Å². The van der Waals surface area contributed by atoms with Crippen LogP contribution in [0.5, 0.6) is 0 Å². The van der Waals surface area contributed by atoms with Crippen molar-refractivity contribution in [1.82, 2.24) is 9.88 Å². The third-order valence-electron chi connectivity index (χ3n) is 3.55. The van der Waals surface area contributed by atoms with Gasteiger partial charge in [-0.2, -0.15) is 0 Å². The van der Waals surface area contributed by atoms with Crippen LogP contribution >= 0.6 is 11.3 Å². The standard InChI is InChI=1S/C17H21N3O3S/c1-17(2,3)16-18-13(11-24-16)9-15(21)19(4)10-12-7-5-6-8-14(12)20(22)23/h5-8,11H,9-10H2,1-4H3. The van der Waals surface area contributed by atoms with Gasteiger partial charge in [0.15, 0.2) is 0 Å². The van der Waals surface area contributed by atoms with Crippen molar-refractivity contribution in [2.75, 3.05) is 7.05 Å². The Balaban J connectivity index is 2.05. The number of rotatable bonds is 5. The Bertz CT molecular complexity index is 750. The Morgan fingerprint density at radius 3 is 2.58 bits per heavy atom. The van der Waals surface area contributed by atoms with E-state index in [0.717, 1.165) is 10.7 Å². The first-order valence-corrected chi connectivity index (χ1v) is 8.47. The molecule has 1 amide bonds. The fourth-order valence-corrected chi connectivity index (χ4v) is 3.10. The number of hydrogen-bond donors (Lipinski definition) is 0. The van der Waals surface area contributed by atoms with Crippen molar-refractivity contribution in [1.29, 1.82) is 0 Å². The molecule has 0 aliphatic rings. The van der Waals surface area contributed by atoms with Crippen LogP contribution in [0.3, 0.4) is 0 Å². The van der Waals surface area contributed by atoms with E-state index >= 15 is 0 Å². The Morgan fingerprint density at radius 1 is 1.33 bits per heavy atom. The molecule has 7 heteroatoms. The number of amides is 1. The average Bonchev–Trinajstić information content (AvgIpc) is 2.96. The van der Waals surface area contributed by atoms with Crippen LogP contribution in [0.25, 0.3) is 0 Å². The van der Waals surface area contributed by atoms with Crippen molar-refractivity contribution in [3.8, 4) is 0 Å². The van der Waals surface area contributed by atoms with E-state index in [0.29, 0.717) is 5.56 Å². The van der Waals surface area contributed by atoms with E-state index in [1.807, 2.05) is 5.38 Å². The Labute approximate surface area is 145 Å². The van der Waals surface area contributed by atoms with E-state index in [1.54, 1.807) is 36.6 Å². The van der Waals surface area contributed by atoms with Gasteiger partial charge in [-0.1, -0.05) is 39.0 Å². The molecule has 1 aromatic heterocycles. The smallest absolute Gasteiger partial charge is 0.274 e. The van der Waals surface area contributed by atoms with Gasteiger partial charge < -0.3 is 4.90 Å². The van der Waals surface area contributed by atoms with Crippen molar-refractivity contribution in [2.45, 2.75) is 39.2 Å². The van der Waals surface area contributed by atoms with Crippen LogP contribution in [0.2, 0.25) is 0 Å².